The number of rotatable bonds is 6. The van der Waals surface area contributed by atoms with Crippen LogP contribution in [0.3, 0.4) is 0 Å². The van der Waals surface area contributed by atoms with Crippen LogP contribution < -0.4 is 15.6 Å². The molecule has 2 heterocycles. The summed E-state index contributed by atoms with van der Waals surface area (Å²) in [4.78, 5) is 8.85. The minimum Gasteiger partial charge on any atom is -0.401 e. The van der Waals surface area contributed by atoms with E-state index >= 15 is 0 Å². The normalized spacial score (nSPS) is 26.3. The monoisotopic (exact) mass is 547 g/mol. The third kappa shape index (κ3) is 3.80. The van der Waals surface area contributed by atoms with Crippen LogP contribution in [0.1, 0.15) is 31.0 Å². The molecule has 2 fully saturated rings. The van der Waals surface area contributed by atoms with Crippen LogP contribution in [0.25, 0.3) is 11.0 Å². The summed E-state index contributed by atoms with van der Waals surface area (Å²) >= 11 is 0. The summed E-state index contributed by atoms with van der Waals surface area (Å²) < 4.78 is 9.52. The highest BCUT2D eigenvalue weighted by atomic mass is 28.4. The van der Waals surface area contributed by atoms with Crippen LogP contribution in [0.2, 0.25) is 0 Å². The minimum absolute atomic E-state index is 0.212. The molecule has 2 aromatic heterocycles. The zero-order chi connectivity index (χ0) is 27.3. The van der Waals surface area contributed by atoms with E-state index in [4.69, 9.17) is 4.43 Å². The Balaban J connectivity index is 1.32. The molecule has 40 heavy (non-hydrogen) atoms. The first kappa shape index (κ1) is 25.4. The van der Waals surface area contributed by atoms with Gasteiger partial charge in [0.15, 0.2) is 0 Å². The van der Waals surface area contributed by atoms with Gasteiger partial charge in [-0.25, -0.2) is 9.97 Å². The fourth-order valence-corrected chi connectivity index (χ4v) is 11.4. The molecule has 0 bridgehead atoms. The molecule has 0 aliphatic heterocycles. The fraction of sp³-hybridized carbons (Fsp3) is 0.273. The lowest BCUT2D eigenvalue weighted by Crippen LogP contribution is -2.70. The first-order valence-corrected chi connectivity index (χ1v) is 16.0. The third-order valence-corrected chi connectivity index (χ3v) is 13.3. The van der Waals surface area contributed by atoms with E-state index in [2.05, 4.69) is 82.8 Å². The van der Waals surface area contributed by atoms with Crippen LogP contribution in [0.4, 0.5) is 0 Å². The van der Waals surface area contributed by atoms with Crippen molar-refractivity contribution in [1.82, 2.24) is 14.5 Å². The topological polar surface area (TPSA) is 80.4 Å². The van der Waals surface area contributed by atoms with Crippen LogP contribution in [-0.2, 0) is 4.43 Å². The number of hydrogen-bond donors (Lipinski definition) is 2. The summed E-state index contributed by atoms with van der Waals surface area (Å²) in [5, 5.41) is 28.1. The van der Waals surface area contributed by atoms with Crippen molar-refractivity contribution in [3.8, 4) is 0 Å². The molecule has 5 aromatic rings. The summed E-state index contributed by atoms with van der Waals surface area (Å²) in [6.07, 6.45) is 4.20. The first-order valence-electron chi connectivity index (χ1n) is 14.1. The van der Waals surface area contributed by atoms with Gasteiger partial charge in [-0.1, -0.05) is 91.0 Å². The first-order chi connectivity index (χ1) is 19.5. The lowest BCUT2D eigenvalue weighted by atomic mass is 9.92. The Bertz CT molecular complexity index is 1530. The van der Waals surface area contributed by atoms with Gasteiger partial charge in [-0.15, -0.1) is 0 Å². The molecule has 0 unspecified atom stereocenters. The Hall–Kier alpha value is -3.62. The molecule has 202 valence electrons. The van der Waals surface area contributed by atoms with Gasteiger partial charge in [-0.2, -0.15) is 0 Å². The summed E-state index contributed by atoms with van der Waals surface area (Å²) in [5.74, 6) is -0.212. The molecule has 5 atom stereocenters. The van der Waals surface area contributed by atoms with Gasteiger partial charge in [-0.3, -0.25) is 0 Å². The molecule has 2 N–H and O–H groups in total. The van der Waals surface area contributed by atoms with Gasteiger partial charge in [0, 0.05) is 17.5 Å². The van der Waals surface area contributed by atoms with E-state index < -0.39 is 20.0 Å². The maximum atomic E-state index is 12.0. The molecule has 0 radical (unpaired) electrons. The van der Waals surface area contributed by atoms with Crippen LogP contribution in [0.15, 0.2) is 110 Å². The molecule has 7 rings (SSSR count). The van der Waals surface area contributed by atoms with Crippen molar-refractivity contribution in [3.05, 3.63) is 115 Å². The Morgan fingerprint density at radius 2 is 1.43 bits per heavy atom. The van der Waals surface area contributed by atoms with Gasteiger partial charge in [0.1, 0.15) is 18.1 Å². The van der Waals surface area contributed by atoms with Gasteiger partial charge in [0.2, 0.25) is 0 Å². The predicted octanol–water partition coefficient (Wildman–Crippen LogP) is 3.24. The summed E-state index contributed by atoms with van der Waals surface area (Å²) in [6.45, 7) is 1.96. The van der Waals surface area contributed by atoms with Crippen molar-refractivity contribution >= 4 is 34.9 Å². The molecule has 0 saturated heterocycles. The van der Waals surface area contributed by atoms with Crippen LogP contribution in [-0.4, -0.2) is 50.9 Å². The largest absolute Gasteiger partial charge is 0.401 e. The van der Waals surface area contributed by atoms with Crippen molar-refractivity contribution in [2.24, 2.45) is 5.92 Å². The molecule has 2 aliphatic carbocycles. The number of aliphatic hydroxyl groups excluding tert-OH is 1. The van der Waals surface area contributed by atoms with Gasteiger partial charge in [-0.05, 0) is 47.8 Å². The number of fused-ring (bicyclic) bond motifs is 2. The lowest BCUT2D eigenvalue weighted by Gasteiger charge is -2.38. The van der Waals surface area contributed by atoms with Crippen LogP contribution in [0, 0.1) is 12.8 Å². The molecule has 2 aliphatic rings. The van der Waals surface area contributed by atoms with E-state index in [1.165, 1.54) is 15.6 Å². The molecular weight excluding hydrogens is 514 g/mol. The molecule has 3 aromatic carbocycles. The van der Waals surface area contributed by atoms with Crippen molar-refractivity contribution in [2.75, 3.05) is 0 Å². The Labute approximate surface area is 235 Å². The quantitative estimate of drug-likeness (QED) is 0.252. The van der Waals surface area contributed by atoms with Crippen molar-refractivity contribution in [1.29, 1.82) is 0 Å². The second-order valence-corrected chi connectivity index (χ2v) is 14.6. The molecular formula is C33H33N3O3Si. The minimum atomic E-state index is -2.96. The summed E-state index contributed by atoms with van der Waals surface area (Å²) in [7, 11) is -2.96. The van der Waals surface area contributed by atoms with E-state index in [1.807, 2.05) is 42.0 Å². The number of aliphatic hydroxyl groups is 2. The summed E-state index contributed by atoms with van der Waals surface area (Å²) in [6, 6.07) is 33.3. The molecule has 7 heteroatoms. The maximum absolute atomic E-state index is 12.0. The average Bonchev–Trinajstić information content (AvgIpc) is 3.65. The zero-order valence-corrected chi connectivity index (χ0v) is 23.5. The van der Waals surface area contributed by atoms with E-state index in [0.717, 1.165) is 16.7 Å². The fourth-order valence-electron chi connectivity index (χ4n) is 7.25. The van der Waals surface area contributed by atoms with Crippen molar-refractivity contribution in [3.63, 3.8) is 0 Å². The number of aryl methyl sites for hydroxylation is 1. The average molecular weight is 548 g/mol. The Morgan fingerprint density at radius 3 is 2.00 bits per heavy atom. The standard InChI is InChI=1S/C33H33N3O3Si/c1-23-27-18-20-36(32(27)35-22-34-23)29-21-28-30(17-19-33(28,38)31(29)37)39-40(24-11-5-2-6-12-24,25-13-7-3-8-14-25)26-15-9-4-10-16-26/h2-16,18,20,22,28-31,37-38H,17,19,21H2,1H3/t28-,29-,30+,31+,33-/m1/s1. The molecule has 6 nitrogen and oxygen atoms in total. The predicted molar refractivity (Wildman–Crippen MR) is 158 cm³/mol. The van der Waals surface area contributed by atoms with Crippen LogP contribution in [0.5, 0.6) is 0 Å². The molecule has 0 amide bonds. The smallest absolute Gasteiger partial charge is 0.288 e. The van der Waals surface area contributed by atoms with Gasteiger partial charge in [0.05, 0.1) is 23.4 Å². The number of aromatic nitrogens is 3. The lowest BCUT2D eigenvalue weighted by molar-refractivity contribution is -0.0837. The number of nitrogens with zero attached hydrogens (tertiary/aromatic N) is 3. The van der Waals surface area contributed by atoms with Gasteiger partial charge in [0.25, 0.3) is 8.32 Å². The second-order valence-electron chi connectivity index (χ2n) is 11.2. The molecule has 2 saturated carbocycles. The summed E-state index contributed by atoms with van der Waals surface area (Å²) in [5.41, 5.74) is 0.470. The number of hydrogen-bond acceptors (Lipinski definition) is 5. The van der Waals surface area contributed by atoms with E-state index in [1.54, 1.807) is 6.33 Å². The number of benzene rings is 3. The van der Waals surface area contributed by atoms with Crippen LogP contribution >= 0.6 is 0 Å². The second kappa shape index (κ2) is 9.78. The van der Waals surface area contributed by atoms with Gasteiger partial charge < -0.3 is 19.2 Å². The highest BCUT2D eigenvalue weighted by Crippen LogP contribution is 2.53. The SMILES string of the molecule is Cc1ncnc2c1ccn2[C@@H]1C[C@@H]2[C@@H](O[Si](c3ccccc3)(c3ccccc3)c3ccccc3)CC[C@]2(O)[C@H]1O. The zero-order valence-electron chi connectivity index (χ0n) is 22.5. The van der Waals surface area contributed by atoms with E-state index in [-0.39, 0.29) is 18.1 Å². The highest BCUT2D eigenvalue weighted by Gasteiger charge is 2.62. The van der Waals surface area contributed by atoms with E-state index in [9.17, 15) is 10.2 Å². The molecule has 0 spiro atoms. The van der Waals surface area contributed by atoms with Crippen molar-refractivity contribution in [2.45, 2.75) is 50.0 Å². The maximum Gasteiger partial charge on any atom is 0.288 e. The van der Waals surface area contributed by atoms with E-state index in [0.29, 0.717) is 19.3 Å². The highest BCUT2D eigenvalue weighted by molar-refractivity contribution is 7.07. The Morgan fingerprint density at radius 1 is 0.850 bits per heavy atom. The van der Waals surface area contributed by atoms with Gasteiger partial charge >= 0.3 is 0 Å². The third-order valence-electron chi connectivity index (χ3n) is 9.23. The van der Waals surface area contributed by atoms with Crippen molar-refractivity contribution < 1.29 is 14.6 Å². The Kier molecular flexibility index (Phi) is 6.20.